The summed E-state index contributed by atoms with van der Waals surface area (Å²) >= 11 is 16.2. The van der Waals surface area contributed by atoms with Gasteiger partial charge in [-0.05, 0) is 35.3 Å². The van der Waals surface area contributed by atoms with Crippen LogP contribution in [0.15, 0.2) is 30.4 Å². The van der Waals surface area contributed by atoms with Gasteiger partial charge in [-0.15, -0.1) is 0 Å². The van der Waals surface area contributed by atoms with E-state index in [1.807, 2.05) is 6.07 Å². The van der Waals surface area contributed by atoms with Gasteiger partial charge in [-0.25, -0.2) is 4.98 Å². The molecule has 8 nitrogen and oxygen atoms in total. The van der Waals surface area contributed by atoms with Crippen LogP contribution in [0.25, 0.3) is 0 Å². The molecule has 13 heteroatoms. The Bertz CT molecular complexity index is 793. The second-order valence-electron chi connectivity index (χ2n) is 5.18. The Morgan fingerprint density at radius 1 is 1.25 bits per heavy atom. The molecular weight excluding hydrogens is 463 g/mol. The first-order valence-electron chi connectivity index (χ1n) is 8.10. The molecule has 0 saturated carbocycles. The topological polar surface area (TPSA) is 106 Å². The maximum absolute atomic E-state index is 10.8. The van der Waals surface area contributed by atoms with Crippen molar-refractivity contribution in [3.8, 4) is 0 Å². The van der Waals surface area contributed by atoms with Gasteiger partial charge in [-0.3, -0.25) is 15.1 Å². The summed E-state index contributed by atoms with van der Waals surface area (Å²) in [6, 6.07) is 3.60. The second kappa shape index (κ2) is 13.0. The molecule has 2 heterocycles. The first-order chi connectivity index (χ1) is 13.5. The maximum atomic E-state index is 10.8. The van der Waals surface area contributed by atoms with E-state index in [-0.39, 0.29) is 0 Å². The molecule has 0 unspecified atom stereocenters. The molecule has 0 bridgehead atoms. The van der Waals surface area contributed by atoms with Gasteiger partial charge in [-0.2, -0.15) is 27.9 Å². The zero-order valence-electron chi connectivity index (χ0n) is 14.6. The van der Waals surface area contributed by atoms with E-state index in [1.165, 1.54) is 0 Å². The number of halogens is 2. The largest absolute Gasteiger partial charge is 0.366 e. The van der Waals surface area contributed by atoms with Crippen molar-refractivity contribution in [2.24, 2.45) is 0 Å². The van der Waals surface area contributed by atoms with Crippen LogP contribution in [0.4, 0.5) is 0 Å². The van der Waals surface area contributed by atoms with Crippen molar-refractivity contribution in [3.63, 3.8) is 0 Å². The van der Waals surface area contributed by atoms with Crippen LogP contribution in [0.3, 0.4) is 0 Å². The summed E-state index contributed by atoms with van der Waals surface area (Å²) in [4.78, 5) is 18.6. The van der Waals surface area contributed by atoms with E-state index >= 15 is 0 Å². The smallest absolute Gasteiger partial charge is 0.274 e. The van der Waals surface area contributed by atoms with Crippen molar-refractivity contribution in [2.45, 2.75) is 11.5 Å². The van der Waals surface area contributed by atoms with Gasteiger partial charge < -0.3 is 10.6 Å². The highest BCUT2D eigenvalue weighted by Gasteiger charge is 2.05. The van der Waals surface area contributed by atoms with Gasteiger partial charge in [0.2, 0.25) is 4.47 Å². The summed E-state index contributed by atoms with van der Waals surface area (Å²) in [5.74, 6) is 3.93. The molecule has 2 rings (SSSR count). The molecule has 2 N–H and O–H groups in total. The summed E-state index contributed by atoms with van der Waals surface area (Å²) in [6.07, 6.45) is 2.64. The van der Waals surface area contributed by atoms with E-state index < -0.39 is 4.92 Å². The molecule has 0 saturated heterocycles. The highest BCUT2D eigenvalue weighted by Crippen LogP contribution is 2.18. The highest BCUT2D eigenvalue weighted by atomic mass is 35.5. The van der Waals surface area contributed by atoms with Gasteiger partial charge in [0.25, 0.3) is 6.20 Å². The number of nitro groups is 1. The van der Waals surface area contributed by atoms with E-state index in [1.54, 1.807) is 35.8 Å². The summed E-state index contributed by atoms with van der Waals surface area (Å²) in [5, 5.41) is 17.5. The fourth-order valence-electron chi connectivity index (χ4n) is 1.92. The molecule has 0 aromatic carbocycles. The Labute approximate surface area is 185 Å². The first kappa shape index (κ1) is 23.0. The van der Waals surface area contributed by atoms with Gasteiger partial charge in [0, 0.05) is 36.5 Å². The predicted molar refractivity (Wildman–Crippen MR) is 118 cm³/mol. The zero-order valence-corrected chi connectivity index (χ0v) is 18.6. The molecule has 28 heavy (non-hydrogen) atoms. The average molecular weight is 481 g/mol. The van der Waals surface area contributed by atoms with E-state index in [9.17, 15) is 10.1 Å². The Hall–Kier alpha value is -1.27. The third kappa shape index (κ3) is 9.28. The van der Waals surface area contributed by atoms with Crippen LogP contribution >= 0.6 is 58.3 Å². The highest BCUT2D eigenvalue weighted by molar-refractivity contribution is 7.98. The van der Waals surface area contributed by atoms with Gasteiger partial charge in [0.15, 0.2) is 11.6 Å². The van der Waals surface area contributed by atoms with Crippen molar-refractivity contribution < 1.29 is 4.92 Å². The molecule has 2 aromatic rings. The van der Waals surface area contributed by atoms with Crippen molar-refractivity contribution in [2.75, 3.05) is 24.6 Å². The molecule has 0 atom stereocenters. The second-order valence-corrected chi connectivity index (χ2v) is 9.13. The minimum atomic E-state index is -0.482. The summed E-state index contributed by atoms with van der Waals surface area (Å²) in [6.45, 7) is 1.15. The third-order valence-corrected chi connectivity index (χ3v) is 6.21. The maximum Gasteiger partial charge on any atom is 0.274 e. The van der Waals surface area contributed by atoms with E-state index in [0.29, 0.717) is 45.7 Å². The van der Waals surface area contributed by atoms with Gasteiger partial charge in [0.05, 0.1) is 21.4 Å². The van der Waals surface area contributed by atoms with Gasteiger partial charge in [0.1, 0.15) is 0 Å². The third-order valence-electron chi connectivity index (χ3n) is 3.11. The molecular formula is C15H18Cl2N6O2S3. The summed E-state index contributed by atoms with van der Waals surface area (Å²) < 4.78 is 4.53. The molecule has 0 spiro atoms. The minimum absolute atomic E-state index is 0.386. The lowest BCUT2D eigenvalue weighted by Crippen LogP contribution is -2.30. The minimum Gasteiger partial charge on any atom is -0.366 e. The molecule has 0 amide bonds. The monoisotopic (exact) mass is 480 g/mol. The van der Waals surface area contributed by atoms with E-state index in [2.05, 4.69) is 25.0 Å². The molecule has 0 aliphatic carbocycles. The molecule has 0 fully saturated rings. The number of aromatic nitrogens is 3. The van der Waals surface area contributed by atoms with Crippen molar-refractivity contribution in [3.05, 3.63) is 61.5 Å². The van der Waals surface area contributed by atoms with Crippen molar-refractivity contribution in [1.29, 1.82) is 0 Å². The van der Waals surface area contributed by atoms with Crippen LogP contribution in [-0.4, -0.2) is 43.9 Å². The average Bonchev–Trinajstić information content (AvgIpc) is 3.07. The SMILES string of the molecule is O=[N+]([O-])C=C(NCCSCc1nsc(Cl)n1)NCCSCc1ncccc1Cl. The quantitative estimate of drug-likeness (QED) is 0.252. The number of nitrogens with one attached hydrogen (secondary N) is 2. The van der Waals surface area contributed by atoms with Crippen LogP contribution < -0.4 is 10.6 Å². The number of rotatable bonds is 13. The van der Waals surface area contributed by atoms with Crippen LogP contribution in [0.1, 0.15) is 11.5 Å². The summed E-state index contributed by atoms with van der Waals surface area (Å²) in [5.41, 5.74) is 0.835. The van der Waals surface area contributed by atoms with Crippen molar-refractivity contribution >= 4 is 58.3 Å². The molecule has 0 radical (unpaired) electrons. The fraction of sp³-hybridized carbons (Fsp3) is 0.400. The lowest BCUT2D eigenvalue weighted by molar-refractivity contribution is -0.404. The predicted octanol–water partition coefficient (Wildman–Crippen LogP) is 3.66. The zero-order chi connectivity index (χ0) is 20.2. The Morgan fingerprint density at radius 2 is 1.96 bits per heavy atom. The first-order valence-corrected chi connectivity index (χ1v) is 11.9. The lowest BCUT2D eigenvalue weighted by atomic mass is 10.4. The molecule has 2 aromatic heterocycles. The Kier molecular flexibility index (Phi) is 10.7. The van der Waals surface area contributed by atoms with E-state index in [4.69, 9.17) is 23.2 Å². The standard InChI is InChI=1S/C15H18Cl2N6O2S3/c16-11-2-1-3-18-12(11)9-26-6-4-19-13(8-23(24)25)20-5-7-27-10-14-21-15(17)28-22-14/h1-3,8,19-20H,4-7,9-10H2. The van der Waals surface area contributed by atoms with Crippen LogP contribution in [-0.2, 0) is 11.5 Å². The fourth-order valence-corrected chi connectivity index (χ4v) is 4.42. The molecule has 0 aliphatic heterocycles. The Morgan fingerprint density at radius 3 is 2.57 bits per heavy atom. The number of thioether (sulfide) groups is 2. The number of nitrogens with zero attached hydrogens (tertiary/aromatic N) is 4. The summed E-state index contributed by atoms with van der Waals surface area (Å²) in [7, 11) is 0. The van der Waals surface area contributed by atoms with Crippen LogP contribution in [0.5, 0.6) is 0 Å². The van der Waals surface area contributed by atoms with Crippen molar-refractivity contribution in [1.82, 2.24) is 25.0 Å². The number of hydrogen-bond donors (Lipinski definition) is 2. The number of pyridine rings is 1. The Balaban J connectivity index is 1.62. The normalized spacial score (nSPS) is 11.4. The van der Waals surface area contributed by atoms with Gasteiger partial charge >= 0.3 is 0 Å². The molecule has 152 valence electrons. The van der Waals surface area contributed by atoms with E-state index in [0.717, 1.165) is 34.9 Å². The van der Waals surface area contributed by atoms with Crippen LogP contribution in [0, 0.1) is 10.1 Å². The lowest BCUT2D eigenvalue weighted by Gasteiger charge is -2.11. The number of hydrogen-bond acceptors (Lipinski definition) is 10. The van der Waals surface area contributed by atoms with Crippen LogP contribution in [0.2, 0.25) is 9.49 Å². The molecule has 0 aliphatic rings. The van der Waals surface area contributed by atoms with Gasteiger partial charge in [-0.1, -0.05) is 11.6 Å².